The van der Waals surface area contributed by atoms with E-state index in [1.807, 2.05) is 17.5 Å². The van der Waals surface area contributed by atoms with Gasteiger partial charge in [0.2, 0.25) is 6.79 Å². The molecule has 3 aromatic rings. The topological polar surface area (TPSA) is 85.9 Å². The van der Waals surface area contributed by atoms with Crippen molar-refractivity contribution in [3.05, 3.63) is 76.0 Å². The summed E-state index contributed by atoms with van der Waals surface area (Å²) in [6.45, 7) is 0.561. The first kappa shape index (κ1) is 17.9. The Morgan fingerprint density at radius 3 is 2.50 bits per heavy atom. The molecule has 28 heavy (non-hydrogen) atoms. The maximum atomic E-state index is 12.3. The number of hydrogen-bond donors (Lipinski definition) is 2. The molecule has 4 rings (SSSR count). The maximum absolute atomic E-state index is 12.3. The van der Waals surface area contributed by atoms with Crippen LogP contribution in [0.2, 0.25) is 0 Å². The van der Waals surface area contributed by atoms with E-state index >= 15 is 0 Å². The molecule has 0 atom stereocenters. The summed E-state index contributed by atoms with van der Waals surface area (Å²) in [7, 11) is 0. The summed E-state index contributed by atoms with van der Waals surface area (Å²) >= 11 is 1.60. The number of fused-ring (bicyclic) bond motifs is 1. The predicted molar refractivity (Wildman–Crippen MR) is 103 cm³/mol. The van der Waals surface area contributed by atoms with Gasteiger partial charge < -0.3 is 14.2 Å². The average Bonchev–Trinajstić information content (AvgIpc) is 3.41. The molecule has 2 aromatic carbocycles. The Hall–Kier alpha value is -3.52. The largest absolute Gasteiger partial charge is 0.488 e. The van der Waals surface area contributed by atoms with E-state index in [2.05, 4.69) is 10.9 Å². The molecule has 8 heteroatoms. The van der Waals surface area contributed by atoms with Gasteiger partial charge in [0, 0.05) is 16.0 Å². The number of thiophene rings is 1. The van der Waals surface area contributed by atoms with Crippen molar-refractivity contribution in [2.45, 2.75) is 6.61 Å². The first-order chi connectivity index (χ1) is 13.7. The van der Waals surface area contributed by atoms with E-state index in [0.717, 1.165) is 4.88 Å². The van der Waals surface area contributed by atoms with Crippen molar-refractivity contribution in [1.82, 2.24) is 10.9 Å². The zero-order valence-corrected chi connectivity index (χ0v) is 15.5. The van der Waals surface area contributed by atoms with E-state index in [9.17, 15) is 9.59 Å². The van der Waals surface area contributed by atoms with Crippen LogP contribution >= 0.6 is 11.3 Å². The minimum Gasteiger partial charge on any atom is -0.488 e. The molecule has 0 saturated carbocycles. The van der Waals surface area contributed by atoms with Crippen LogP contribution in [0.3, 0.4) is 0 Å². The summed E-state index contributed by atoms with van der Waals surface area (Å²) in [4.78, 5) is 25.7. The first-order valence-corrected chi connectivity index (χ1v) is 9.32. The molecule has 0 aliphatic carbocycles. The third-order valence-electron chi connectivity index (χ3n) is 3.98. The average molecular weight is 396 g/mol. The van der Waals surface area contributed by atoms with E-state index in [-0.39, 0.29) is 6.79 Å². The van der Waals surface area contributed by atoms with Gasteiger partial charge in [0.15, 0.2) is 11.5 Å². The lowest BCUT2D eigenvalue weighted by Gasteiger charge is -2.09. The quantitative estimate of drug-likeness (QED) is 0.647. The molecule has 1 aliphatic rings. The molecule has 2 heterocycles. The fourth-order valence-corrected chi connectivity index (χ4v) is 3.19. The normalized spacial score (nSPS) is 11.7. The highest BCUT2D eigenvalue weighted by atomic mass is 32.1. The Balaban J connectivity index is 1.34. The van der Waals surface area contributed by atoms with Crippen molar-refractivity contribution < 1.29 is 23.8 Å². The van der Waals surface area contributed by atoms with Gasteiger partial charge in [-0.05, 0) is 47.8 Å². The fraction of sp³-hybridized carbons (Fsp3) is 0.100. The van der Waals surface area contributed by atoms with Crippen LogP contribution in [-0.2, 0) is 6.61 Å². The van der Waals surface area contributed by atoms with Crippen LogP contribution in [0.4, 0.5) is 0 Å². The summed E-state index contributed by atoms with van der Waals surface area (Å²) < 4.78 is 16.1. The number of amides is 2. The van der Waals surface area contributed by atoms with Crippen molar-refractivity contribution in [1.29, 1.82) is 0 Å². The van der Waals surface area contributed by atoms with Crippen LogP contribution in [0, 0.1) is 0 Å². The number of hydrogen-bond acceptors (Lipinski definition) is 6. The maximum Gasteiger partial charge on any atom is 0.269 e. The molecule has 0 radical (unpaired) electrons. The zero-order valence-electron chi connectivity index (χ0n) is 14.6. The lowest BCUT2D eigenvalue weighted by Crippen LogP contribution is -2.41. The summed E-state index contributed by atoms with van der Waals surface area (Å²) in [5.74, 6) is 0.741. The van der Waals surface area contributed by atoms with Crippen LogP contribution in [0.15, 0.2) is 60.0 Å². The second kappa shape index (κ2) is 8.01. The summed E-state index contributed by atoms with van der Waals surface area (Å²) in [5.41, 5.74) is 5.50. The number of carbonyl (C=O) groups is 2. The monoisotopic (exact) mass is 396 g/mol. The third kappa shape index (κ3) is 4.07. The molecular weight excluding hydrogens is 380 g/mol. The Morgan fingerprint density at radius 1 is 0.929 bits per heavy atom. The number of benzene rings is 2. The van der Waals surface area contributed by atoms with Crippen molar-refractivity contribution in [2.24, 2.45) is 0 Å². The third-order valence-corrected chi connectivity index (χ3v) is 4.83. The smallest absolute Gasteiger partial charge is 0.269 e. The van der Waals surface area contributed by atoms with Crippen molar-refractivity contribution in [3.8, 4) is 17.2 Å². The van der Waals surface area contributed by atoms with Crippen LogP contribution < -0.4 is 25.1 Å². The van der Waals surface area contributed by atoms with Gasteiger partial charge in [0.1, 0.15) is 12.4 Å². The lowest BCUT2D eigenvalue weighted by molar-refractivity contribution is 0.0846. The van der Waals surface area contributed by atoms with E-state index in [1.165, 1.54) is 0 Å². The standard InChI is InChI=1S/C20H16N2O5S/c23-19(13-3-1-4-15(9-13)25-11-16-5-2-8-28-16)21-22-20(24)14-6-7-17-18(10-14)27-12-26-17/h1-10H,11-12H2,(H,21,23)(H,22,24). The fourth-order valence-electron chi connectivity index (χ4n) is 2.57. The van der Waals surface area contributed by atoms with Gasteiger partial charge in [0.25, 0.3) is 11.8 Å². The molecule has 7 nitrogen and oxygen atoms in total. The van der Waals surface area contributed by atoms with Gasteiger partial charge in [-0.2, -0.15) is 0 Å². The van der Waals surface area contributed by atoms with Crippen molar-refractivity contribution >= 4 is 23.2 Å². The highest BCUT2D eigenvalue weighted by Crippen LogP contribution is 2.32. The zero-order chi connectivity index (χ0) is 19.3. The van der Waals surface area contributed by atoms with Crippen molar-refractivity contribution in [3.63, 3.8) is 0 Å². The van der Waals surface area contributed by atoms with Gasteiger partial charge in [-0.3, -0.25) is 20.4 Å². The summed E-state index contributed by atoms with van der Waals surface area (Å²) in [6.07, 6.45) is 0. The molecule has 1 aromatic heterocycles. The number of ether oxygens (including phenoxy) is 3. The minimum absolute atomic E-state index is 0.127. The number of rotatable bonds is 5. The van der Waals surface area contributed by atoms with Crippen LogP contribution in [0.25, 0.3) is 0 Å². The van der Waals surface area contributed by atoms with Crippen LogP contribution in [0.1, 0.15) is 25.6 Å². The second-order valence-corrected chi connectivity index (χ2v) is 6.90. The SMILES string of the molecule is O=C(NNC(=O)c1ccc2c(c1)OCO2)c1cccc(OCc2cccs2)c1. The number of nitrogens with one attached hydrogen (secondary N) is 2. The van der Waals surface area contributed by atoms with E-state index < -0.39 is 11.8 Å². The van der Waals surface area contributed by atoms with E-state index in [0.29, 0.717) is 35.0 Å². The summed E-state index contributed by atoms with van der Waals surface area (Å²) in [5, 5.41) is 1.98. The Bertz CT molecular complexity index is 1000. The lowest BCUT2D eigenvalue weighted by atomic mass is 10.2. The van der Waals surface area contributed by atoms with E-state index in [1.54, 1.807) is 53.8 Å². The van der Waals surface area contributed by atoms with Crippen LogP contribution in [-0.4, -0.2) is 18.6 Å². The Morgan fingerprint density at radius 2 is 1.71 bits per heavy atom. The molecule has 142 valence electrons. The van der Waals surface area contributed by atoms with Crippen molar-refractivity contribution in [2.75, 3.05) is 6.79 Å². The molecule has 2 amide bonds. The summed E-state index contributed by atoms with van der Waals surface area (Å²) in [6, 6.07) is 15.5. The molecular formula is C20H16N2O5S. The number of carbonyl (C=O) groups excluding carboxylic acids is 2. The first-order valence-electron chi connectivity index (χ1n) is 8.44. The highest BCUT2D eigenvalue weighted by Gasteiger charge is 2.17. The molecule has 0 unspecified atom stereocenters. The van der Waals surface area contributed by atoms with E-state index in [4.69, 9.17) is 14.2 Å². The molecule has 0 bridgehead atoms. The highest BCUT2D eigenvalue weighted by molar-refractivity contribution is 7.09. The van der Waals surface area contributed by atoms with Crippen LogP contribution in [0.5, 0.6) is 17.2 Å². The van der Waals surface area contributed by atoms with Gasteiger partial charge >= 0.3 is 0 Å². The molecule has 2 N–H and O–H groups in total. The van der Waals surface area contributed by atoms with Gasteiger partial charge in [-0.25, -0.2) is 0 Å². The van der Waals surface area contributed by atoms with Gasteiger partial charge in [-0.1, -0.05) is 12.1 Å². The molecule has 1 aliphatic heterocycles. The van der Waals surface area contributed by atoms with Gasteiger partial charge in [0.05, 0.1) is 0 Å². The minimum atomic E-state index is -0.461. The van der Waals surface area contributed by atoms with Gasteiger partial charge in [-0.15, -0.1) is 11.3 Å². The second-order valence-electron chi connectivity index (χ2n) is 5.87. The Kier molecular flexibility index (Phi) is 5.11. The molecule has 0 fully saturated rings. The molecule has 0 spiro atoms. The Labute approximate surface area is 164 Å². The molecule has 0 saturated heterocycles. The predicted octanol–water partition coefficient (Wildman–Crippen LogP) is 3.13. The number of hydrazine groups is 1.